The van der Waals surface area contributed by atoms with E-state index in [0.29, 0.717) is 11.1 Å². The van der Waals surface area contributed by atoms with Crippen LogP contribution in [0.3, 0.4) is 0 Å². The van der Waals surface area contributed by atoms with E-state index in [0.717, 1.165) is 33.2 Å². The fourth-order valence-electron chi connectivity index (χ4n) is 4.22. The van der Waals surface area contributed by atoms with Crippen LogP contribution in [0.25, 0.3) is 33.5 Å². The number of nitrogens with zero attached hydrogens (tertiary/aromatic N) is 3. The number of rotatable bonds is 1. The normalized spacial score (nSPS) is 20.7. The van der Waals surface area contributed by atoms with E-state index >= 15 is 0 Å². The summed E-state index contributed by atoms with van der Waals surface area (Å²) in [5.74, 6) is -0.0907. The first-order valence-electron chi connectivity index (χ1n) is 8.74. The maximum atomic E-state index is 13.0. The third-order valence-corrected chi connectivity index (χ3v) is 6.62. The molecule has 6 rings (SSSR count). The Kier molecular flexibility index (Phi) is 3.24. The van der Waals surface area contributed by atoms with Gasteiger partial charge in [-0.15, -0.1) is 0 Å². The van der Waals surface area contributed by atoms with Gasteiger partial charge in [0.05, 0.1) is 22.9 Å². The highest BCUT2D eigenvalue weighted by Crippen LogP contribution is 2.46. The highest BCUT2D eigenvalue weighted by molar-refractivity contribution is 7.00. The van der Waals surface area contributed by atoms with Crippen molar-refractivity contribution in [1.29, 1.82) is 0 Å². The number of nitrogens with one attached hydrogen (secondary N) is 1. The van der Waals surface area contributed by atoms with Crippen molar-refractivity contribution < 1.29 is 5.11 Å². The minimum absolute atomic E-state index is 0.0441. The van der Waals surface area contributed by atoms with Gasteiger partial charge in [0.25, 0.3) is 0 Å². The Labute approximate surface area is 166 Å². The molecule has 0 radical (unpaired) electrons. The van der Waals surface area contributed by atoms with Crippen LogP contribution in [0.5, 0.6) is 0 Å². The van der Waals surface area contributed by atoms with E-state index in [1.807, 2.05) is 36.4 Å². The van der Waals surface area contributed by atoms with Crippen molar-refractivity contribution in [3.8, 4) is 0 Å². The maximum absolute atomic E-state index is 13.0. The second-order valence-electron chi connectivity index (χ2n) is 6.88. The monoisotopic (exact) mass is 404 g/mol. The van der Waals surface area contributed by atoms with Crippen LogP contribution >= 0.6 is 23.5 Å². The molecule has 2 aliphatic carbocycles. The number of hydrogen-bond acceptors (Lipinski definition) is 7. The van der Waals surface area contributed by atoms with Gasteiger partial charge in [0, 0.05) is 40.1 Å². The number of H-pyrrole nitrogens is 1. The third kappa shape index (κ3) is 2.07. The number of aliphatic hydroxyl groups excluding tert-OH is 1. The van der Waals surface area contributed by atoms with Crippen molar-refractivity contribution in [2.75, 3.05) is 0 Å². The lowest BCUT2D eigenvalue weighted by atomic mass is 9.73. The van der Waals surface area contributed by atoms with E-state index in [4.69, 9.17) is 0 Å². The van der Waals surface area contributed by atoms with E-state index in [1.165, 1.54) is 23.5 Å². The number of allylic oxidation sites excluding steroid dienone is 4. The van der Waals surface area contributed by atoms with Crippen molar-refractivity contribution in [3.63, 3.8) is 0 Å². The summed E-state index contributed by atoms with van der Waals surface area (Å²) in [6, 6.07) is 7.21. The van der Waals surface area contributed by atoms with Gasteiger partial charge in [-0.1, -0.05) is 18.2 Å². The predicted octanol–water partition coefficient (Wildman–Crippen LogP) is 4.26. The number of aromatic amines is 1. The molecule has 0 amide bonds. The van der Waals surface area contributed by atoms with E-state index < -0.39 is 0 Å². The predicted molar refractivity (Wildman–Crippen MR) is 112 cm³/mol. The highest BCUT2D eigenvalue weighted by atomic mass is 32.1. The summed E-state index contributed by atoms with van der Waals surface area (Å²) in [5, 5.41) is 12.5. The molecular weight excluding hydrogens is 392 g/mol. The number of fused-ring (bicyclic) bond motifs is 6. The summed E-state index contributed by atoms with van der Waals surface area (Å²) in [6.45, 7) is 0. The van der Waals surface area contributed by atoms with E-state index in [2.05, 4.69) is 17.5 Å². The van der Waals surface area contributed by atoms with Crippen LogP contribution in [0.2, 0.25) is 0 Å². The molecule has 2 aliphatic rings. The molecule has 8 heteroatoms. The third-order valence-electron chi connectivity index (χ3n) is 5.48. The van der Waals surface area contributed by atoms with Gasteiger partial charge < -0.3 is 5.11 Å². The van der Waals surface area contributed by atoms with Crippen molar-refractivity contribution in [1.82, 2.24) is 17.5 Å². The van der Waals surface area contributed by atoms with Gasteiger partial charge in [0.1, 0.15) is 17.0 Å². The van der Waals surface area contributed by atoms with Crippen molar-refractivity contribution >= 4 is 56.9 Å². The molecule has 0 bridgehead atoms. The quantitative estimate of drug-likeness (QED) is 0.495. The van der Waals surface area contributed by atoms with Gasteiger partial charge in [0.15, 0.2) is 5.43 Å². The molecular formula is C20H12N4O2S2. The standard InChI is InChI=1S/C20H12N4O2S2/c25-15-7-3-11-9(1-5-13-19(11)23-27-21-13)17(15)18-10-2-6-14-20(24-28-22-14)12(10)4-8-16(18)26/h1-9,11,24-25H. The summed E-state index contributed by atoms with van der Waals surface area (Å²) in [6.07, 6.45) is 7.56. The molecule has 0 saturated carbocycles. The first kappa shape index (κ1) is 15.9. The molecule has 0 saturated heterocycles. The first-order chi connectivity index (χ1) is 13.7. The molecule has 0 spiro atoms. The number of hydrogen-bond donors (Lipinski definition) is 2. The van der Waals surface area contributed by atoms with Crippen LogP contribution in [0, 0.1) is 5.92 Å². The Morgan fingerprint density at radius 3 is 2.75 bits per heavy atom. The fourth-order valence-corrected chi connectivity index (χ4v) is 5.41. The number of aromatic nitrogens is 4. The molecule has 0 aliphatic heterocycles. The lowest BCUT2D eigenvalue weighted by Crippen LogP contribution is -2.22. The zero-order valence-corrected chi connectivity index (χ0v) is 15.9. The number of aliphatic hydroxyl groups is 1. The van der Waals surface area contributed by atoms with Gasteiger partial charge in [0.2, 0.25) is 0 Å². The van der Waals surface area contributed by atoms with E-state index in [-0.39, 0.29) is 23.0 Å². The first-order valence-corrected chi connectivity index (χ1v) is 10.2. The average Bonchev–Trinajstić information content (AvgIpc) is 3.37. The minimum atomic E-state index is -0.167. The fraction of sp³-hybridized carbons (Fsp3) is 0.100. The average molecular weight is 404 g/mol. The summed E-state index contributed by atoms with van der Waals surface area (Å²) in [7, 11) is 0. The van der Waals surface area contributed by atoms with Crippen LogP contribution in [-0.2, 0) is 0 Å². The molecule has 4 aromatic rings. The molecule has 2 unspecified atom stereocenters. The molecule has 2 aromatic heterocycles. The molecule has 2 atom stereocenters. The smallest absolute Gasteiger partial charge is 0.186 e. The molecule has 6 nitrogen and oxygen atoms in total. The zero-order valence-electron chi connectivity index (χ0n) is 14.3. The lowest BCUT2D eigenvalue weighted by molar-refractivity contribution is 0.424. The van der Waals surface area contributed by atoms with Gasteiger partial charge in [-0.3, -0.25) is 9.17 Å². The second kappa shape index (κ2) is 5.70. The zero-order chi connectivity index (χ0) is 18.8. The summed E-state index contributed by atoms with van der Waals surface area (Å²) in [4.78, 5) is 13.0. The van der Waals surface area contributed by atoms with Crippen LogP contribution < -0.4 is 5.43 Å². The molecule has 28 heavy (non-hydrogen) atoms. The van der Waals surface area contributed by atoms with Crippen molar-refractivity contribution in [3.05, 3.63) is 75.4 Å². The Morgan fingerprint density at radius 2 is 1.82 bits per heavy atom. The Morgan fingerprint density at radius 1 is 0.964 bits per heavy atom. The second-order valence-corrected chi connectivity index (χ2v) is 7.98. The van der Waals surface area contributed by atoms with E-state index in [1.54, 1.807) is 12.1 Å². The lowest BCUT2D eigenvalue weighted by Gasteiger charge is -2.30. The molecule has 2 N–H and O–H groups in total. The Hall–Kier alpha value is -3.10. The van der Waals surface area contributed by atoms with Gasteiger partial charge >= 0.3 is 0 Å². The summed E-state index contributed by atoms with van der Waals surface area (Å²) < 4.78 is 16.3. The minimum Gasteiger partial charge on any atom is -0.508 e. The molecule has 0 fully saturated rings. The van der Waals surface area contributed by atoms with Crippen LogP contribution in [0.1, 0.15) is 22.9 Å². The van der Waals surface area contributed by atoms with E-state index in [9.17, 15) is 9.90 Å². The molecule has 2 aromatic carbocycles. The van der Waals surface area contributed by atoms with Crippen LogP contribution in [-0.4, -0.2) is 22.6 Å². The molecule has 2 heterocycles. The largest absolute Gasteiger partial charge is 0.508 e. The number of benzene rings is 2. The summed E-state index contributed by atoms with van der Waals surface area (Å²) >= 11 is 2.46. The van der Waals surface area contributed by atoms with Gasteiger partial charge in [-0.25, -0.2) is 0 Å². The van der Waals surface area contributed by atoms with Crippen molar-refractivity contribution in [2.24, 2.45) is 5.92 Å². The highest BCUT2D eigenvalue weighted by Gasteiger charge is 2.35. The van der Waals surface area contributed by atoms with Crippen LogP contribution in [0.4, 0.5) is 0 Å². The van der Waals surface area contributed by atoms with Crippen LogP contribution in [0.15, 0.2) is 53.0 Å². The Bertz CT molecular complexity index is 1420. The maximum Gasteiger partial charge on any atom is 0.186 e. The summed E-state index contributed by atoms with van der Waals surface area (Å²) in [5.41, 5.74) is 4.57. The topological polar surface area (TPSA) is 91.8 Å². The van der Waals surface area contributed by atoms with Gasteiger partial charge in [-0.2, -0.15) is 13.1 Å². The molecule has 136 valence electrons. The van der Waals surface area contributed by atoms with Crippen molar-refractivity contribution in [2.45, 2.75) is 5.92 Å². The van der Waals surface area contributed by atoms with Gasteiger partial charge in [-0.05, 0) is 35.7 Å². The Balaban J connectivity index is 1.66. The SMILES string of the molecule is O=c1ccc2c(ccc3ns[nH]c32)c1C1=C(O)C=CC2c3nsnc3C=CC12.